The van der Waals surface area contributed by atoms with Crippen molar-refractivity contribution in [3.8, 4) is 0 Å². The van der Waals surface area contributed by atoms with Gasteiger partial charge in [-0.15, -0.1) is 0 Å². The summed E-state index contributed by atoms with van der Waals surface area (Å²) in [7, 11) is 0. The molecule has 0 aromatic heterocycles. The fourth-order valence-corrected chi connectivity index (χ4v) is 2.39. The van der Waals surface area contributed by atoms with Gasteiger partial charge in [-0.2, -0.15) is 0 Å². The molecule has 0 saturated heterocycles. The van der Waals surface area contributed by atoms with Gasteiger partial charge < -0.3 is 0 Å². The van der Waals surface area contributed by atoms with Crippen LogP contribution in [0.3, 0.4) is 0 Å². The standard InChI is InChI=1S/2C7H16.C6H14/c1-6(2)5-7(3)4;1-4-7(5-2)6-3;1-4-5-6(2)3/h6-7H,5H2,1-4H3;7H,4-6H2,1-3H3;6H,4-5H2,1-3H3. The first-order chi connectivity index (χ1) is 9.24. The van der Waals surface area contributed by atoms with Crippen LogP contribution in [0.5, 0.6) is 0 Å². The first kappa shape index (κ1) is 25.0. The minimum absolute atomic E-state index is 0.875. The van der Waals surface area contributed by atoms with Gasteiger partial charge >= 0.3 is 0 Å². The maximum absolute atomic E-state index is 2.26. The van der Waals surface area contributed by atoms with Crippen LogP contribution in [0.1, 0.15) is 108 Å². The van der Waals surface area contributed by atoms with Crippen molar-refractivity contribution >= 4 is 0 Å². The van der Waals surface area contributed by atoms with Crippen LogP contribution in [0, 0.1) is 23.7 Å². The molecule has 0 nitrogen and oxygen atoms in total. The van der Waals surface area contributed by atoms with E-state index in [4.69, 9.17) is 0 Å². The third-order valence-corrected chi connectivity index (χ3v) is 3.54. The van der Waals surface area contributed by atoms with Crippen LogP contribution < -0.4 is 0 Å². The van der Waals surface area contributed by atoms with Gasteiger partial charge in [-0.05, 0) is 30.1 Å². The Kier molecular flexibility index (Phi) is 23.7. The van der Waals surface area contributed by atoms with Gasteiger partial charge in [-0.3, -0.25) is 0 Å². The van der Waals surface area contributed by atoms with Crippen LogP contribution in [-0.4, -0.2) is 0 Å². The fraction of sp³-hybridized carbons (Fsp3) is 1.00. The van der Waals surface area contributed by atoms with E-state index in [0.29, 0.717) is 0 Å². The predicted octanol–water partition coefficient (Wildman–Crippen LogP) is 7.96. The van der Waals surface area contributed by atoms with Crippen LogP contribution in [-0.2, 0) is 0 Å². The Morgan fingerprint density at radius 2 is 0.900 bits per heavy atom. The van der Waals surface area contributed by atoms with E-state index in [1.807, 2.05) is 0 Å². The fourth-order valence-electron chi connectivity index (χ4n) is 2.39. The summed E-state index contributed by atoms with van der Waals surface area (Å²) in [5.74, 6) is 3.63. The predicted molar refractivity (Wildman–Crippen MR) is 98.4 cm³/mol. The summed E-state index contributed by atoms with van der Waals surface area (Å²) in [6, 6.07) is 0. The van der Waals surface area contributed by atoms with Crippen molar-refractivity contribution < 1.29 is 0 Å². The van der Waals surface area contributed by atoms with Crippen LogP contribution >= 0.6 is 0 Å². The lowest BCUT2D eigenvalue weighted by atomic mass is 10.0. The van der Waals surface area contributed by atoms with Crippen molar-refractivity contribution in [2.24, 2.45) is 23.7 Å². The lowest BCUT2D eigenvalue weighted by molar-refractivity contribution is 0.469. The second kappa shape index (κ2) is 19.0. The molecule has 0 aliphatic carbocycles. The van der Waals surface area contributed by atoms with E-state index in [2.05, 4.69) is 69.2 Å². The Bertz CT molecular complexity index is 129. The molecule has 0 rings (SSSR count). The second-order valence-corrected chi connectivity index (χ2v) is 7.30. The summed E-state index contributed by atoms with van der Waals surface area (Å²) < 4.78 is 0. The van der Waals surface area contributed by atoms with Crippen LogP contribution in [0.4, 0.5) is 0 Å². The summed E-state index contributed by atoms with van der Waals surface area (Å²) >= 11 is 0. The van der Waals surface area contributed by atoms with Gasteiger partial charge in [0.2, 0.25) is 0 Å². The summed E-state index contributed by atoms with van der Waals surface area (Å²) in [6.45, 7) is 22.6. The largest absolute Gasteiger partial charge is 0.0654 e. The molecule has 0 unspecified atom stereocenters. The molecule has 0 aromatic rings. The first-order valence-electron chi connectivity index (χ1n) is 9.24. The van der Waals surface area contributed by atoms with Gasteiger partial charge in [0.05, 0.1) is 0 Å². The van der Waals surface area contributed by atoms with E-state index >= 15 is 0 Å². The molecular weight excluding hydrogens is 240 g/mol. The van der Waals surface area contributed by atoms with Gasteiger partial charge in [0, 0.05) is 0 Å². The van der Waals surface area contributed by atoms with Crippen molar-refractivity contribution in [3.05, 3.63) is 0 Å². The van der Waals surface area contributed by atoms with E-state index in [-0.39, 0.29) is 0 Å². The average Bonchev–Trinajstić information content (AvgIpc) is 2.30. The molecule has 0 atom stereocenters. The van der Waals surface area contributed by atoms with Crippen LogP contribution in [0.2, 0.25) is 0 Å². The summed E-state index contributed by atoms with van der Waals surface area (Å²) in [4.78, 5) is 0. The molecule has 0 heteroatoms. The van der Waals surface area contributed by atoms with Crippen LogP contribution in [0.25, 0.3) is 0 Å². The highest BCUT2D eigenvalue weighted by Gasteiger charge is 1.96. The lowest BCUT2D eigenvalue weighted by Gasteiger charge is -2.05. The highest BCUT2D eigenvalue weighted by Crippen LogP contribution is 2.10. The van der Waals surface area contributed by atoms with E-state index < -0.39 is 0 Å². The quantitative estimate of drug-likeness (QED) is 0.445. The van der Waals surface area contributed by atoms with Gasteiger partial charge in [0.1, 0.15) is 0 Å². The monoisotopic (exact) mass is 286 g/mol. The van der Waals surface area contributed by atoms with E-state index in [9.17, 15) is 0 Å². The first-order valence-corrected chi connectivity index (χ1v) is 9.24. The highest BCUT2D eigenvalue weighted by molar-refractivity contribution is 4.48. The van der Waals surface area contributed by atoms with Crippen molar-refractivity contribution in [2.75, 3.05) is 0 Å². The molecule has 0 saturated carbocycles. The Morgan fingerprint density at radius 3 is 0.900 bits per heavy atom. The molecule has 0 N–H and O–H groups in total. The number of hydrogen-bond donors (Lipinski definition) is 0. The van der Waals surface area contributed by atoms with E-state index in [0.717, 1.165) is 23.7 Å². The molecule has 0 fully saturated rings. The number of hydrogen-bond acceptors (Lipinski definition) is 0. The zero-order chi connectivity index (χ0) is 16.6. The summed E-state index contributed by atoms with van der Waals surface area (Å²) in [6.07, 6.45) is 8.13. The number of rotatable bonds is 7. The summed E-state index contributed by atoms with van der Waals surface area (Å²) in [5, 5.41) is 0. The Morgan fingerprint density at radius 1 is 0.550 bits per heavy atom. The Balaban J connectivity index is -0.000000218. The lowest BCUT2D eigenvalue weighted by Crippen LogP contribution is -1.93. The van der Waals surface area contributed by atoms with Crippen molar-refractivity contribution in [1.82, 2.24) is 0 Å². The zero-order valence-corrected chi connectivity index (χ0v) is 16.6. The molecule has 0 aliphatic heterocycles. The Labute approximate surface area is 132 Å². The van der Waals surface area contributed by atoms with Crippen LogP contribution in [0.15, 0.2) is 0 Å². The minimum atomic E-state index is 0.875. The maximum Gasteiger partial charge on any atom is -0.0422 e. The van der Waals surface area contributed by atoms with Gasteiger partial charge in [0.25, 0.3) is 0 Å². The normalized spacial score (nSPS) is 10.5. The molecule has 0 amide bonds. The van der Waals surface area contributed by atoms with Gasteiger partial charge in [-0.1, -0.05) is 101 Å². The molecule has 0 heterocycles. The molecule has 0 bridgehead atoms. The zero-order valence-electron chi connectivity index (χ0n) is 16.6. The highest BCUT2D eigenvalue weighted by atomic mass is 14.0. The summed E-state index contributed by atoms with van der Waals surface area (Å²) in [5.41, 5.74) is 0. The Hall–Kier alpha value is 0. The molecule has 0 aliphatic rings. The minimum Gasteiger partial charge on any atom is -0.0654 e. The van der Waals surface area contributed by atoms with Gasteiger partial charge in [-0.25, -0.2) is 0 Å². The van der Waals surface area contributed by atoms with Crippen molar-refractivity contribution in [3.63, 3.8) is 0 Å². The molecule has 20 heavy (non-hydrogen) atoms. The molecule has 0 aromatic carbocycles. The maximum atomic E-state index is 2.26. The topological polar surface area (TPSA) is 0 Å². The van der Waals surface area contributed by atoms with Crippen molar-refractivity contribution in [1.29, 1.82) is 0 Å². The van der Waals surface area contributed by atoms with E-state index in [1.54, 1.807) is 0 Å². The third-order valence-electron chi connectivity index (χ3n) is 3.54. The molecule has 0 spiro atoms. The average molecular weight is 287 g/mol. The van der Waals surface area contributed by atoms with Crippen molar-refractivity contribution in [2.45, 2.75) is 108 Å². The van der Waals surface area contributed by atoms with Gasteiger partial charge in [0.15, 0.2) is 0 Å². The second-order valence-electron chi connectivity index (χ2n) is 7.30. The van der Waals surface area contributed by atoms with E-state index in [1.165, 1.54) is 38.5 Å². The molecule has 126 valence electrons. The SMILES string of the molecule is CC(C)CC(C)C.CCC(CC)CC.CCCC(C)C. The third kappa shape index (κ3) is 30.8. The molecule has 0 radical (unpaired) electrons. The molecular formula is C20H46. The smallest absolute Gasteiger partial charge is 0.0422 e.